The van der Waals surface area contributed by atoms with Crippen LogP contribution in [0.5, 0.6) is 0 Å². The van der Waals surface area contributed by atoms with Gasteiger partial charge in [-0.2, -0.15) is 0 Å². The molecule has 0 N–H and O–H groups in total. The maximum atomic E-state index is 5.56. The van der Waals surface area contributed by atoms with E-state index in [0.29, 0.717) is 0 Å². The zero-order valence-corrected chi connectivity index (χ0v) is 9.00. The Morgan fingerprint density at radius 1 is 1.33 bits per heavy atom. The molecule has 0 heterocycles. The van der Waals surface area contributed by atoms with Gasteiger partial charge in [0.1, 0.15) is 0 Å². The first-order chi connectivity index (χ1) is 4.09. The zero-order chi connectivity index (χ0) is 7.44. The van der Waals surface area contributed by atoms with Crippen LogP contribution in [0.4, 0.5) is 0 Å². The summed E-state index contributed by atoms with van der Waals surface area (Å²) in [5, 5.41) is 0. The van der Waals surface area contributed by atoms with Crippen LogP contribution in [0.1, 0.15) is 20.8 Å². The van der Waals surface area contributed by atoms with Gasteiger partial charge >= 0.3 is 67.8 Å². The number of rotatable bonds is 2. The fourth-order valence-corrected chi connectivity index (χ4v) is 1.03. The summed E-state index contributed by atoms with van der Waals surface area (Å²) in [4.78, 5) is 0. The maximum absolute atomic E-state index is 5.56. The molecule has 0 aromatic rings. The van der Waals surface area contributed by atoms with Gasteiger partial charge < -0.3 is 0 Å². The number of hydrogen-bond donors (Lipinski definition) is 0. The first kappa shape index (κ1) is 9.04. The molecular formula is C8H11W-. The Kier molecular flexibility index (Phi) is 3.97. The molecule has 0 radical (unpaired) electrons. The van der Waals surface area contributed by atoms with Gasteiger partial charge in [0.05, 0.1) is 0 Å². The van der Waals surface area contributed by atoms with E-state index in [9.17, 15) is 0 Å². The summed E-state index contributed by atoms with van der Waals surface area (Å²) in [5.41, 5.74) is 3.43. The number of hydrogen-bond acceptors (Lipinski definition) is 0. The molecule has 0 bridgehead atoms. The summed E-state index contributed by atoms with van der Waals surface area (Å²) in [6, 6.07) is 0. The standard InChI is InChI=1S/C8H11.W/c1-6(2)8(5)7(3)4;/h1,3H,2,4-5H3;/q-1;/b8-6+;. The summed E-state index contributed by atoms with van der Waals surface area (Å²) in [6.45, 7) is 11.6. The van der Waals surface area contributed by atoms with E-state index >= 15 is 0 Å². The van der Waals surface area contributed by atoms with E-state index in [2.05, 4.69) is 11.3 Å². The normalized spacial score (nSPS) is 12.3. The molecule has 0 aromatic carbocycles. The zero-order valence-electron chi connectivity index (χ0n) is 6.06. The second-order valence-electron chi connectivity index (χ2n) is 2.11. The fourth-order valence-electron chi connectivity index (χ4n) is 0.399. The van der Waals surface area contributed by atoms with Crippen molar-refractivity contribution in [2.24, 2.45) is 0 Å². The van der Waals surface area contributed by atoms with Crippen LogP contribution in [0, 0.1) is 6.58 Å². The SMILES string of the molecule is [CH-]=C(C)/C(C)=C(/C)[CH]=[W]. The van der Waals surface area contributed by atoms with Crippen molar-refractivity contribution in [3.63, 3.8) is 0 Å². The van der Waals surface area contributed by atoms with E-state index in [-0.39, 0.29) is 0 Å². The fraction of sp³-hybridized carbons (Fsp3) is 0.375. The Balaban J connectivity index is 4.47. The van der Waals surface area contributed by atoms with Crippen molar-refractivity contribution in [3.05, 3.63) is 23.3 Å². The molecular weight excluding hydrogens is 280 g/mol. The molecule has 50 valence electrons. The van der Waals surface area contributed by atoms with Crippen LogP contribution in [0.25, 0.3) is 0 Å². The molecule has 0 aliphatic carbocycles. The van der Waals surface area contributed by atoms with Crippen LogP contribution < -0.4 is 0 Å². The summed E-state index contributed by atoms with van der Waals surface area (Å²) in [7, 11) is 0. The van der Waals surface area contributed by atoms with Crippen LogP contribution >= 0.6 is 0 Å². The van der Waals surface area contributed by atoms with Gasteiger partial charge in [-0.05, 0) is 0 Å². The summed E-state index contributed by atoms with van der Waals surface area (Å²) < 4.78 is 2.14. The van der Waals surface area contributed by atoms with Gasteiger partial charge in [0.15, 0.2) is 0 Å². The molecule has 0 aromatic heterocycles. The van der Waals surface area contributed by atoms with Gasteiger partial charge in [-0.15, -0.1) is 0 Å². The first-order valence-electron chi connectivity index (χ1n) is 2.81. The van der Waals surface area contributed by atoms with Gasteiger partial charge in [-0.1, -0.05) is 0 Å². The van der Waals surface area contributed by atoms with Gasteiger partial charge in [-0.25, -0.2) is 0 Å². The van der Waals surface area contributed by atoms with Crippen molar-refractivity contribution in [1.82, 2.24) is 0 Å². The second-order valence-corrected chi connectivity index (χ2v) is 2.96. The minimum atomic E-state index is 0.921. The molecule has 9 heavy (non-hydrogen) atoms. The Morgan fingerprint density at radius 3 is 1.89 bits per heavy atom. The molecule has 0 fully saturated rings. The Hall–Kier alpha value is 0.0383. The van der Waals surface area contributed by atoms with Crippen LogP contribution in [0.15, 0.2) is 16.7 Å². The Bertz CT molecular complexity index is 163. The monoisotopic (exact) mass is 291 g/mol. The van der Waals surface area contributed by atoms with E-state index in [1.54, 1.807) is 0 Å². The van der Waals surface area contributed by atoms with Gasteiger partial charge in [0, 0.05) is 0 Å². The van der Waals surface area contributed by atoms with E-state index in [1.165, 1.54) is 30.5 Å². The minimum absolute atomic E-state index is 0.921. The van der Waals surface area contributed by atoms with Gasteiger partial charge in [0.2, 0.25) is 0 Å². The third-order valence-corrected chi connectivity index (χ3v) is 2.63. The van der Waals surface area contributed by atoms with E-state index in [4.69, 9.17) is 6.58 Å². The van der Waals surface area contributed by atoms with Gasteiger partial charge in [0.25, 0.3) is 0 Å². The molecule has 0 aliphatic heterocycles. The van der Waals surface area contributed by atoms with Crippen molar-refractivity contribution in [2.75, 3.05) is 0 Å². The molecule has 0 nitrogen and oxygen atoms in total. The van der Waals surface area contributed by atoms with Crippen molar-refractivity contribution in [2.45, 2.75) is 20.8 Å². The topological polar surface area (TPSA) is 0 Å². The Labute approximate surface area is 68.1 Å². The third kappa shape index (κ3) is 2.91. The van der Waals surface area contributed by atoms with Crippen LogP contribution in [-0.4, -0.2) is 4.40 Å². The van der Waals surface area contributed by atoms with Crippen LogP contribution in [-0.2, 0) is 19.4 Å². The average Bonchev–Trinajstić information content (AvgIpc) is 1.84. The molecule has 0 saturated carbocycles. The van der Waals surface area contributed by atoms with E-state index in [1.807, 2.05) is 13.8 Å². The number of allylic oxidation sites excluding steroid dienone is 3. The molecule has 0 unspecified atom stereocenters. The molecule has 0 amide bonds. The summed E-state index contributed by atoms with van der Waals surface area (Å²) >= 11 is 1.48. The molecule has 0 saturated heterocycles. The summed E-state index contributed by atoms with van der Waals surface area (Å²) in [5.74, 6) is 0. The van der Waals surface area contributed by atoms with Crippen LogP contribution in [0.2, 0.25) is 0 Å². The second kappa shape index (κ2) is 3.95. The van der Waals surface area contributed by atoms with Crippen molar-refractivity contribution < 1.29 is 19.4 Å². The molecule has 0 rings (SSSR count). The van der Waals surface area contributed by atoms with Crippen LogP contribution in [0.3, 0.4) is 0 Å². The van der Waals surface area contributed by atoms with Crippen molar-refractivity contribution in [1.29, 1.82) is 0 Å². The molecule has 0 spiro atoms. The quantitative estimate of drug-likeness (QED) is 0.539. The predicted octanol–water partition coefficient (Wildman–Crippen LogP) is 2.05. The molecule has 0 atom stereocenters. The molecule has 0 aliphatic rings. The third-order valence-electron chi connectivity index (χ3n) is 1.36. The van der Waals surface area contributed by atoms with E-state index in [0.717, 1.165) is 5.57 Å². The first-order valence-corrected chi connectivity index (χ1v) is 4.51. The van der Waals surface area contributed by atoms with Crippen molar-refractivity contribution in [3.8, 4) is 0 Å². The average molecular weight is 291 g/mol. The van der Waals surface area contributed by atoms with Gasteiger partial charge in [-0.3, -0.25) is 0 Å². The predicted molar refractivity (Wildman–Crippen MR) is 37.9 cm³/mol. The van der Waals surface area contributed by atoms with Crippen molar-refractivity contribution >= 4 is 4.40 Å². The summed E-state index contributed by atoms with van der Waals surface area (Å²) in [6.07, 6.45) is 0. The van der Waals surface area contributed by atoms with E-state index < -0.39 is 0 Å². The molecule has 1 heteroatoms. The Morgan fingerprint density at radius 2 is 1.78 bits per heavy atom.